The topological polar surface area (TPSA) is 26.7 Å². The predicted octanol–water partition coefficient (Wildman–Crippen LogP) is 3.16. The van der Waals surface area contributed by atoms with E-state index < -0.39 is 0 Å². The summed E-state index contributed by atoms with van der Waals surface area (Å²) in [6, 6.07) is 10.2. The number of nitrogens with zero attached hydrogens (tertiary/aromatic N) is 2. The number of piperidine rings is 2. The third kappa shape index (κ3) is 4.79. The normalized spacial score (nSPS) is 26.3. The summed E-state index contributed by atoms with van der Waals surface area (Å²) in [5, 5.41) is 10.6. The minimum atomic E-state index is -0.290. The highest BCUT2D eigenvalue weighted by Crippen LogP contribution is 2.30. The molecular weight excluding hydrogens is 284 g/mol. The quantitative estimate of drug-likeness (QED) is 0.904. The van der Waals surface area contributed by atoms with Crippen molar-refractivity contribution in [3.63, 3.8) is 0 Å². The Bertz CT molecular complexity index is 456. The van der Waals surface area contributed by atoms with Gasteiger partial charge in [-0.15, -0.1) is 0 Å². The Kier molecular flexibility index (Phi) is 6.09. The van der Waals surface area contributed by atoms with Gasteiger partial charge >= 0.3 is 0 Å². The van der Waals surface area contributed by atoms with E-state index in [1.54, 1.807) is 0 Å². The van der Waals surface area contributed by atoms with E-state index in [9.17, 15) is 5.11 Å². The van der Waals surface area contributed by atoms with Crippen molar-refractivity contribution < 1.29 is 5.11 Å². The molecule has 2 saturated heterocycles. The van der Waals surface area contributed by atoms with Crippen molar-refractivity contribution in [2.75, 3.05) is 39.3 Å². The zero-order valence-electron chi connectivity index (χ0n) is 14.5. The van der Waals surface area contributed by atoms with Gasteiger partial charge in [-0.2, -0.15) is 0 Å². The monoisotopic (exact) mass is 316 g/mol. The van der Waals surface area contributed by atoms with Gasteiger partial charge in [0.2, 0.25) is 0 Å². The van der Waals surface area contributed by atoms with Crippen molar-refractivity contribution >= 4 is 0 Å². The molecule has 0 unspecified atom stereocenters. The molecule has 3 nitrogen and oxygen atoms in total. The van der Waals surface area contributed by atoms with E-state index in [-0.39, 0.29) is 6.10 Å². The number of hydrogen-bond acceptors (Lipinski definition) is 3. The van der Waals surface area contributed by atoms with Gasteiger partial charge in [-0.05, 0) is 62.7 Å². The number of aliphatic hydroxyl groups is 1. The van der Waals surface area contributed by atoms with E-state index >= 15 is 0 Å². The fourth-order valence-corrected chi connectivity index (χ4v) is 4.19. The fourth-order valence-electron chi connectivity index (χ4n) is 4.19. The zero-order valence-corrected chi connectivity index (χ0v) is 14.5. The van der Waals surface area contributed by atoms with Crippen LogP contribution in [0.4, 0.5) is 0 Å². The molecule has 2 heterocycles. The maximum atomic E-state index is 10.6. The van der Waals surface area contributed by atoms with Crippen LogP contribution in [-0.4, -0.2) is 54.2 Å². The SMILES string of the molecule is C[C@@H]1CCCN(CCN2CCC([C@H](O)c3ccccc3)CC2)C1. The van der Waals surface area contributed by atoms with E-state index in [4.69, 9.17) is 0 Å². The van der Waals surface area contributed by atoms with Crippen LogP contribution in [0.1, 0.15) is 44.3 Å². The Labute approximate surface area is 141 Å². The first-order chi connectivity index (χ1) is 11.2. The third-order valence-corrected chi connectivity index (χ3v) is 5.69. The minimum absolute atomic E-state index is 0.290. The summed E-state index contributed by atoms with van der Waals surface area (Å²) in [4.78, 5) is 5.23. The van der Waals surface area contributed by atoms with E-state index in [1.165, 1.54) is 39.0 Å². The lowest BCUT2D eigenvalue weighted by Gasteiger charge is -2.37. The summed E-state index contributed by atoms with van der Waals surface area (Å²) in [6.07, 6.45) is 4.71. The Hall–Kier alpha value is -0.900. The van der Waals surface area contributed by atoms with Crippen molar-refractivity contribution in [2.24, 2.45) is 11.8 Å². The standard InChI is InChI=1S/C20H32N2O/c1-17-6-5-11-22(16-17)15-14-21-12-9-19(10-13-21)20(23)18-7-3-2-4-8-18/h2-4,7-8,17,19-20,23H,5-6,9-16H2,1H3/t17-,20-/m1/s1. The van der Waals surface area contributed by atoms with Crippen LogP contribution in [0, 0.1) is 11.8 Å². The van der Waals surface area contributed by atoms with E-state index in [0.29, 0.717) is 5.92 Å². The molecule has 2 aliphatic heterocycles. The van der Waals surface area contributed by atoms with Gasteiger partial charge < -0.3 is 14.9 Å². The van der Waals surface area contributed by atoms with Gasteiger partial charge in [-0.25, -0.2) is 0 Å². The largest absolute Gasteiger partial charge is 0.388 e. The summed E-state index contributed by atoms with van der Waals surface area (Å²) in [5.74, 6) is 1.29. The summed E-state index contributed by atoms with van der Waals surface area (Å²) in [5.41, 5.74) is 1.08. The molecule has 2 fully saturated rings. The molecule has 1 aromatic rings. The van der Waals surface area contributed by atoms with Crippen molar-refractivity contribution in [2.45, 2.75) is 38.7 Å². The molecule has 3 rings (SSSR count). The molecule has 1 aromatic carbocycles. The molecule has 3 heteroatoms. The zero-order chi connectivity index (χ0) is 16.1. The maximum absolute atomic E-state index is 10.6. The molecule has 0 saturated carbocycles. The summed E-state index contributed by atoms with van der Waals surface area (Å²) < 4.78 is 0. The molecular formula is C20H32N2O. The van der Waals surface area contributed by atoms with Gasteiger partial charge in [0.05, 0.1) is 6.10 Å². The molecule has 2 aliphatic rings. The number of likely N-dealkylation sites (tertiary alicyclic amines) is 2. The smallest absolute Gasteiger partial charge is 0.0819 e. The van der Waals surface area contributed by atoms with Crippen LogP contribution in [-0.2, 0) is 0 Å². The molecule has 128 valence electrons. The lowest BCUT2D eigenvalue weighted by molar-refractivity contribution is 0.0538. The lowest BCUT2D eigenvalue weighted by atomic mass is 9.87. The van der Waals surface area contributed by atoms with Gasteiger partial charge in [-0.3, -0.25) is 0 Å². The molecule has 0 aliphatic carbocycles. The maximum Gasteiger partial charge on any atom is 0.0819 e. The third-order valence-electron chi connectivity index (χ3n) is 5.69. The molecule has 0 aromatic heterocycles. The van der Waals surface area contributed by atoms with Crippen LogP contribution in [0.2, 0.25) is 0 Å². The van der Waals surface area contributed by atoms with Crippen LogP contribution in [0.3, 0.4) is 0 Å². The Morgan fingerprint density at radius 1 is 1.00 bits per heavy atom. The molecule has 0 amide bonds. The second-order valence-electron chi connectivity index (χ2n) is 7.58. The second-order valence-corrected chi connectivity index (χ2v) is 7.58. The second kappa shape index (κ2) is 8.27. The average molecular weight is 316 g/mol. The number of benzene rings is 1. The van der Waals surface area contributed by atoms with Gasteiger partial charge in [-0.1, -0.05) is 37.3 Å². The number of rotatable bonds is 5. The average Bonchev–Trinajstić information content (AvgIpc) is 2.61. The van der Waals surface area contributed by atoms with Crippen molar-refractivity contribution in [3.8, 4) is 0 Å². The molecule has 2 atom stereocenters. The van der Waals surface area contributed by atoms with Gasteiger partial charge in [0, 0.05) is 19.6 Å². The Morgan fingerprint density at radius 2 is 1.70 bits per heavy atom. The highest BCUT2D eigenvalue weighted by Gasteiger charge is 2.26. The Balaban J connectivity index is 1.40. The fraction of sp³-hybridized carbons (Fsp3) is 0.700. The summed E-state index contributed by atoms with van der Waals surface area (Å²) >= 11 is 0. The van der Waals surface area contributed by atoms with Gasteiger partial charge in [0.25, 0.3) is 0 Å². The molecule has 23 heavy (non-hydrogen) atoms. The molecule has 0 spiro atoms. The highest BCUT2D eigenvalue weighted by atomic mass is 16.3. The summed E-state index contributed by atoms with van der Waals surface area (Å²) in [7, 11) is 0. The van der Waals surface area contributed by atoms with Crippen LogP contribution in [0.25, 0.3) is 0 Å². The molecule has 0 bridgehead atoms. The van der Waals surface area contributed by atoms with E-state index in [1.807, 2.05) is 18.2 Å². The van der Waals surface area contributed by atoms with Crippen molar-refractivity contribution in [3.05, 3.63) is 35.9 Å². The predicted molar refractivity (Wildman–Crippen MR) is 95.4 cm³/mol. The molecule has 1 N–H and O–H groups in total. The van der Waals surface area contributed by atoms with Crippen molar-refractivity contribution in [1.29, 1.82) is 0 Å². The lowest BCUT2D eigenvalue weighted by Crippen LogP contribution is -2.43. The van der Waals surface area contributed by atoms with E-state index in [2.05, 4.69) is 28.9 Å². The number of hydrogen-bond donors (Lipinski definition) is 1. The summed E-state index contributed by atoms with van der Waals surface area (Å²) in [6.45, 7) is 9.63. The van der Waals surface area contributed by atoms with Crippen LogP contribution in [0.15, 0.2) is 30.3 Å². The van der Waals surface area contributed by atoms with Crippen LogP contribution in [0.5, 0.6) is 0 Å². The van der Waals surface area contributed by atoms with Gasteiger partial charge in [0.1, 0.15) is 0 Å². The van der Waals surface area contributed by atoms with Crippen LogP contribution >= 0.6 is 0 Å². The van der Waals surface area contributed by atoms with Crippen molar-refractivity contribution in [1.82, 2.24) is 9.80 Å². The first-order valence-electron chi connectivity index (χ1n) is 9.40. The first-order valence-corrected chi connectivity index (χ1v) is 9.40. The number of aliphatic hydroxyl groups excluding tert-OH is 1. The van der Waals surface area contributed by atoms with Gasteiger partial charge in [0.15, 0.2) is 0 Å². The highest BCUT2D eigenvalue weighted by molar-refractivity contribution is 5.18. The minimum Gasteiger partial charge on any atom is -0.388 e. The Morgan fingerprint density at radius 3 is 2.39 bits per heavy atom. The van der Waals surface area contributed by atoms with E-state index in [0.717, 1.165) is 37.4 Å². The van der Waals surface area contributed by atoms with Crippen LogP contribution < -0.4 is 0 Å². The molecule has 0 radical (unpaired) electrons. The first kappa shape index (κ1) is 16.9.